The number of carbonyl (C=O) groups excluding carboxylic acids is 1. The molecule has 3 rings (SSSR count). The zero-order valence-corrected chi connectivity index (χ0v) is 11.3. The number of hydrogen-bond acceptors (Lipinski definition) is 4. The lowest BCUT2D eigenvalue weighted by Crippen LogP contribution is -2.35. The molecule has 0 radical (unpaired) electrons. The van der Waals surface area contributed by atoms with Crippen LogP contribution in [0.4, 0.5) is 5.69 Å². The van der Waals surface area contributed by atoms with Crippen LogP contribution in [0.1, 0.15) is 16.7 Å². The Hall–Kier alpha value is -2.84. The summed E-state index contributed by atoms with van der Waals surface area (Å²) in [4.78, 5) is 12.3. The zero-order chi connectivity index (χ0) is 15.0. The van der Waals surface area contributed by atoms with Gasteiger partial charge in [-0.2, -0.15) is 5.26 Å². The normalized spacial score (nSPS) is 19.6. The molecule has 1 aliphatic rings. The summed E-state index contributed by atoms with van der Waals surface area (Å²) in [5.74, 6) is -0.151. The molecule has 1 atom stereocenters. The SMILES string of the molecule is COc1ccccc1C1(O)C(=O)Nc2ccc(C#N)cc21. The van der Waals surface area contributed by atoms with E-state index in [1.165, 1.54) is 13.2 Å². The van der Waals surface area contributed by atoms with Gasteiger partial charge < -0.3 is 15.2 Å². The number of carbonyl (C=O) groups is 1. The molecule has 0 aliphatic carbocycles. The van der Waals surface area contributed by atoms with E-state index in [0.717, 1.165) is 0 Å². The van der Waals surface area contributed by atoms with Gasteiger partial charge in [-0.15, -0.1) is 0 Å². The maximum absolute atomic E-state index is 12.3. The first-order chi connectivity index (χ1) is 10.1. The van der Waals surface area contributed by atoms with Crippen LogP contribution in [0.5, 0.6) is 5.75 Å². The van der Waals surface area contributed by atoms with Crippen molar-refractivity contribution in [3.8, 4) is 11.8 Å². The first kappa shape index (κ1) is 13.2. The number of hydrogen-bond donors (Lipinski definition) is 2. The Morgan fingerprint density at radius 3 is 2.71 bits per heavy atom. The van der Waals surface area contributed by atoms with Crippen molar-refractivity contribution in [1.82, 2.24) is 0 Å². The van der Waals surface area contributed by atoms with E-state index >= 15 is 0 Å². The third-order valence-corrected chi connectivity index (χ3v) is 3.61. The van der Waals surface area contributed by atoms with Crippen molar-refractivity contribution in [2.75, 3.05) is 12.4 Å². The summed E-state index contributed by atoms with van der Waals surface area (Å²) in [6.07, 6.45) is 0. The highest BCUT2D eigenvalue weighted by Crippen LogP contribution is 2.44. The zero-order valence-electron chi connectivity index (χ0n) is 11.3. The number of nitriles is 1. The van der Waals surface area contributed by atoms with Crippen LogP contribution in [-0.4, -0.2) is 18.1 Å². The van der Waals surface area contributed by atoms with Gasteiger partial charge in [-0.1, -0.05) is 18.2 Å². The summed E-state index contributed by atoms with van der Waals surface area (Å²) in [6.45, 7) is 0. The summed E-state index contributed by atoms with van der Waals surface area (Å²) in [5, 5.41) is 22.7. The lowest BCUT2D eigenvalue weighted by Gasteiger charge is -2.23. The van der Waals surface area contributed by atoms with Crippen LogP contribution in [0.25, 0.3) is 0 Å². The standard InChI is InChI=1S/C16H12N2O3/c1-21-14-5-3-2-4-11(14)16(20)12-8-10(9-17)6-7-13(12)18-15(16)19/h2-8,20H,1H3,(H,18,19). The fourth-order valence-electron chi connectivity index (χ4n) is 2.57. The molecule has 2 aromatic rings. The molecule has 0 saturated carbocycles. The van der Waals surface area contributed by atoms with Crippen molar-refractivity contribution in [1.29, 1.82) is 5.26 Å². The topological polar surface area (TPSA) is 82.3 Å². The molecule has 1 aliphatic heterocycles. The summed E-state index contributed by atoms with van der Waals surface area (Å²) in [5.41, 5.74) is -0.296. The van der Waals surface area contributed by atoms with Gasteiger partial charge in [0.25, 0.3) is 5.91 Å². The van der Waals surface area contributed by atoms with Crippen molar-refractivity contribution in [3.05, 3.63) is 59.2 Å². The number of nitrogens with zero attached hydrogens (tertiary/aromatic N) is 1. The van der Waals surface area contributed by atoms with Crippen molar-refractivity contribution in [2.45, 2.75) is 5.60 Å². The van der Waals surface area contributed by atoms with Gasteiger partial charge in [0.2, 0.25) is 0 Å². The van der Waals surface area contributed by atoms with Crippen LogP contribution >= 0.6 is 0 Å². The molecule has 0 fully saturated rings. The molecule has 1 unspecified atom stereocenters. The highest BCUT2D eigenvalue weighted by atomic mass is 16.5. The molecular weight excluding hydrogens is 268 g/mol. The Bertz CT molecular complexity index is 779. The minimum Gasteiger partial charge on any atom is -0.496 e. The molecule has 0 aromatic heterocycles. The summed E-state index contributed by atoms with van der Waals surface area (Å²) >= 11 is 0. The molecule has 5 nitrogen and oxygen atoms in total. The molecule has 1 amide bonds. The van der Waals surface area contributed by atoms with Gasteiger partial charge in [-0.05, 0) is 24.3 Å². The smallest absolute Gasteiger partial charge is 0.266 e. The number of fused-ring (bicyclic) bond motifs is 1. The summed E-state index contributed by atoms with van der Waals surface area (Å²) in [6, 6.07) is 13.5. The van der Waals surface area contributed by atoms with Crippen LogP contribution in [0.2, 0.25) is 0 Å². The maximum Gasteiger partial charge on any atom is 0.266 e. The monoisotopic (exact) mass is 280 g/mol. The molecule has 0 saturated heterocycles. The predicted molar refractivity (Wildman–Crippen MR) is 75.8 cm³/mol. The molecular formula is C16H12N2O3. The minimum absolute atomic E-state index is 0.346. The van der Waals surface area contributed by atoms with Crippen molar-refractivity contribution < 1.29 is 14.6 Å². The fraction of sp³-hybridized carbons (Fsp3) is 0.125. The Morgan fingerprint density at radius 2 is 2.00 bits per heavy atom. The van der Waals surface area contributed by atoms with Gasteiger partial charge in [0.15, 0.2) is 5.60 Å². The Morgan fingerprint density at radius 1 is 1.24 bits per heavy atom. The average molecular weight is 280 g/mol. The molecule has 2 aromatic carbocycles. The lowest BCUT2D eigenvalue weighted by molar-refractivity contribution is -0.129. The van der Waals surface area contributed by atoms with Crippen molar-refractivity contribution in [3.63, 3.8) is 0 Å². The number of aliphatic hydroxyl groups is 1. The second-order valence-corrected chi connectivity index (χ2v) is 4.74. The summed E-state index contributed by atoms with van der Waals surface area (Å²) < 4.78 is 5.24. The van der Waals surface area contributed by atoms with Crippen LogP contribution in [0.3, 0.4) is 0 Å². The number of amides is 1. The van der Waals surface area contributed by atoms with Gasteiger partial charge in [-0.3, -0.25) is 4.79 Å². The van der Waals surface area contributed by atoms with E-state index in [4.69, 9.17) is 10.00 Å². The number of ether oxygens (including phenoxy) is 1. The highest BCUT2D eigenvalue weighted by Gasteiger charge is 2.48. The third kappa shape index (κ3) is 1.77. The highest BCUT2D eigenvalue weighted by molar-refractivity contribution is 6.07. The molecule has 0 bridgehead atoms. The molecule has 21 heavy (non-hydrogen) atoms. The Kier molecular flexibility index (Phi) is 2.89. The van der Waals surface area contributed by atoms with E-state index in [2.05, 4.69) is 5.32 Å². The number of para-hydroxylation sites is 1. The quantitative estimate of drug-likeness (QED) is 0.878. The Balaban J connectivity index is 2.27. The number of nitrogens with one attached hydrogen (secondary N) is 1. The first-order valence-corrected chi connectivity index (χ1v) is 6.33. The number of rotatable bonds is 2. The predicted octanol–water partition coefficient (Wildman–Crippen LogP) is 1.75. The molecule has 104 valence electrons. The second-order valence-electron chi connectivity index (χ2n) is 4.74. The number of methoxy groups -OCH3 is 1. The van der Waals surface area contributed by atoms with E-state index in [0.29, 0.717) is 28.1 Å². The third-order valence-electron chi connectivity index (χ3n) is 3.61. The van der Waals surface area contributed by atoms with E-state index in [1.807, 2.05) is 6.07 Å². The molecule has 1 heterocycles. The van der Waals surface area contributed by atoms with Gasteiger partial charge in [0.05, 0.1) is 18.7 Å². The van der Waals surface area contributed by atoms with Crippen LogP contribution in [0, 0.1) is 11.3 Å². The fourth-order valence-corrected chi connectivity index (χ4v) is 2.57. The number of benzene rings is 2. The van der Waals surface area contributed by atoms with Gasteiger partial charge in [-0.25, -0.2) is 0 Å². The first-order valence-electron chi connectivity index (χ1n) is 6.33. The van der Waals surface area contributed by atoms with E-state index in [9.17, 15) is 9.90 Å². The largest absolute Gasteiger partial charge is 0.496 e. The molecule has 5 heteroatoms. The maximum atomic E-state index is 12.3. The van der Waals surface area contributed by atoms with Crippen molar-refractivity contribution >= 4 is 11.6 Å². The minimum atomic E-state index is -1.87. The molecule has 2 N–H and O–H groups in total. The van der Waals surface area contributed by atoms with Gasteiger partial charge in [0.1, 0.15) is 5.75 Å². The van der Waals surface area contributed by atoms with Crippen LogP contribution < -0.4 is 10.1 Å². The average Bonchev–Trinajstić information content (AvgIpc) is 2.79. The lowest BCUT2D eigenvalue weighted by atomic mass is 9.86. The second kappa shape index (κ2) is 4.62. The van der Waals surface area contributed by atoms with Crippen LogP contribution in [0.15, 0.2) is 42.5 Å². The Labute approximate surface area is 121 Å². The van der Waals surface area contributed by atoms with Crippen LogP contribution in [-0.2, 0) is 10.4 Å². The van der Waals surface area contributed by atoms with E-state index in [-0.39, 0.29) is 0 Å². The van der Waals surface area contributed by atoms with Crippen molar-refractivity contribution in [2.24, 2.45) is 0 Å². The number of anilines is 1. The molecule has 0 spiro atoms. The summed E-state index contributed by atoms with van der Waals surface area (Å²) in [7, 11) is 1.47. The van der Waals surface area contributed by atoms with E-state index in [1.54, 1.807) is 36.4 Å². The van der Waals surface area contributed by atoms with E-state index < -0.39 is 11.5 Å². The van der Waals surface area contributed by atoms with Gasteiger partial charge >= 0.3 is 0 Å². The van der Waals surface area contributed by atoms with Gasteiger partial charge in [0, 0.05) is 16.8 Å².